The third-order valence-electron chi connectivity index (χ3n) is 3.45. The van der Waals surface area contributed by atoms with Gasteiger partial charge in [-0.15, -0.1) is 11.3 Å². The van der Waals surface area contributed by atoms with Crippen LogP contribution in [0.25, 0.3) is 0 Å². The van der Waals surface area contributed by atoms with Crippen LogP contribution in [0.5, 0.6) is 0 Å². The molecule has 2 heterocycles. The molecule has 0 amide bonds. The number of nitrogens with one attached hydrogen (secondary N) is 1. The molecular formula is C13H18N4O2S2. The number of hydrogen-bond donors (Lipinski definition) is 2. The number of aromatic nitrogens is 2. The normalized spacial score (nSPS) is 15.5. The van der Waals surface area contributed by atoms with Gasteiger partial charge in [0.25, 0.3) is 0 Å². The highest BCUT2D eigenvalue weighted by atomic mass is 32.2. The van der Waals surface area contributed by atoms with Crippen molar-refractivity contribution >= 4 is 21.4 Å². The van der Waals surface area contributed by atoms with Crippen molar-refractivity contribution in [2.24, 2.45) is 5.73 Å². The first-order valence-corrected chi connectivity index (χ1v) is 9.17. The van der Waals surface area contributed by atoms with Crippen molar-refractivity contribution in [1.82, 2.24) is 14.3 Å². The Kier molecular flexibility index (Phi) is 3.87. The molecule has 0 spiro atoms. The first kappa shape index (κ1) is 14.7. The van der Waals surface area contributed by atoms with E-state index in [9.17, 15) is 8.42 Å². The maximum absolute atomic E-state index is 12.3. The molecule has 0 atom stereocenters. The quantitative estimate of drug-likeness (QED) is 0.842. The van der Waals surface area contributed by atoms with Crippen molar-refractivity contribution in [2.45, 2.75) is 43.8 Å². The summed E-state index contributed by atoms with van der Waals surface area (Å²) >= 11 is 1.45. The molecule has 0 radical (unpaired) electrons. The predicted molar refractivity (Wildman–Crippen MR) is 81.5 cm³/mol. The molecule has 0 unspecified atom stereocenters. The maximum Gasteiger partial charge on any atom is 0.242 e. The van der Waals surface area contributed by atoms with Crippen molar-refractivity contribution in [3.8, 4) is 0 Å². The smallest absolute Gasteiger partial charge is 0.242 e. The third-order valence-corrected chi connectivity index (χ3v) is 5.78. The summed E-state index contributed by atoms with van der Waals surface area (Å²) in [5.41, 5.74) is 7.46. The summed E-state index contributed by atoms with van der Waals surface area (Å²) in [7, 11) is -3.53. The molecule has 2 aromatic rings. The highest BCUT2D eigenvalue weighted by Crippen LogP contribution is 2.37. The lowest BCUT2D eigenvalue weighted by molar-refractivity contribution is 0.580. The molecule has 6 nitrogen and oxygen atoms in total. The zero-order chi connectivity index (χ0) is 15.0. The zero-order valence-electron chi connectivity index (χ0n) is 11.7. The largest absolute Gasteiger partial charge is 0.346 e. The van der Waals surface area contributed by atoms with Gasteiger partial charge in [0.15, 0.2) is 0 Å². The molecule has 0 aromatic carbocycles. The summed E-state index contributed by atoms with van der Waals surface area (Å²) in [5, 5.41) is 2.66. The number of nitrogens with two attached hydrogens (primary N) is 1. The number of rotatable bonds is 6. The van der Waals surface area contributed by atoms with Crippen LogP contribution >= 0.6 is 11.3 Å². The lowest BCUT2D eigenvalue weighted by Gasteiger charge is -2.04. The van der Waals surface area contributed by atoms with Crippen molar-refractivity contribution in [2.75, 3.05) is 0 Å². The molecule has 1 aliphatic rings. The second kappa shape index (κ2) is 5.53. The van der Waals surface area contributed by atoms with E-state index in [0.29, 0.717) is 12.6 Å². The van der Waals surface area contributed by atoms with Gasteiger partial charge in [0.1, 0.15) is 5.01 Å². The Morgan fingerprint density at radius 2 is 2.29 bits per heavy atom. The van der Waals surface area contributed by atoms with Gasteiger partial charge in [-0.2, -0.15) is 0 Å². The van der Waals surface area contributed by atoms with Gasteiger partial charge in [-0.05, 0) is 25.8 Å². The molecule has 0 bridgehead atoms. The Morgan fingerprint density at radius 3 is 2.86 bits per heavy atom. The number of aryl methyl sites for hydroxylation is 1. The van der Waals surface area contributed by atoms with Crippen LogP contribution < -0.4 is 10.5 Å². The molecular weight excluding hydrogens is 308 g/mol. The highest BCUT2D eigenvalue weighted by Gasteiger charge is 2.27. The fraction of sp³-hybridized carbons (Fsp3) is 0.462. The summed E-state index contributed by atoms with van der Waals surface area (Å²) in [6.07, 6.45) is 3.87. The fourth-order valence-electron chi connectivity index (χ4n) is 2.22. The van der Waals surface area contributed by atoms with Crippen molar-refractivity contribution < 1.29 is 8.42 Å². The minimum atomic E-state index is -3.53. The van der Waals surface area contributed by atoms with Gasteiger partial charge in [-0.3, -0.25) is 0 Å². The molecule has 3 rings (SSSR count). The Hall–Kier alpha value is -1.22. The Bertz CT molecular complexity index is 744. The molecule has 2 aromatic heterocycles. The number of thiazole rings is 1. The molecule has 3 N–H and O–H groups in total. The van der Waals surface area contributed by atoms with Crippen molar-refractivity contribution in [1.29, 1.82) is 0 Å². The van der Waals surface area contributed by atoms with Crippen LogP contribution in [0.2, 0.25) is 0 Å². The Labute approximate surface area is 128 Å². The minimum Gasteiger partial charge on any atom is -0.346 e. The summed E-state index contributed by atoms with van der Waals surface area (Å²) < 4.78 is 29.3. The van der Waals surface area contributed by atoms with Crippen LogP contribution in [0, 0.1) is 6.92 Å². The van der Waals surface area contributed by atoms with E-state index in [-0.39, 0.29) is 11.4 Å². The van der Waals surface area contributed by atoms with E-state index in [0.717, 1.165) is 29.2 Å². The molecule has 1 fully saturated rings. The third kappa shape index (κ3) is 3.18. The van der Waals surface area contributed by atoms with Gasteiger partial charge in [0.05, 0.1) is 11.4 Å². The van der Waals surface area contributed by atoms with E-state index in [1.54, 1.807) is 12.3 Å². The average molecular weight is 326 g/mol. The lowest BCUT2D eigenvalue weighted by Crippen LogP contribution is -2.22. The maximum atomic E-state index is 12.3. The summed E-state index contributed by atoms with van der Waals surface area (Å²) in [6, 6.07) is 2.07. The van der Waals surface area contributed by atoms with Crippen LogP contribution in [0.15, 0.2) is 22.5 Å². The molecule has 0 aliphatic heterocycles. The van der Waals surface area contributed by atoms with Crippen LogP contribution in [-0.2, 0) is 23.1 Å². The summed E-state index contributed by atoms with van der Waals surface area (Å²) in [6.45, 7) is 2.45. The van der Waals surface area contributed by atoms with E-state index in [4.69, 9.17) is 5.73 Å². The van der Waals surface area contributed by atoms with Gasteiger partial charge in [0, 0.05) is 35.6 Å². The highest BCUT2D eigenvalue weighted by molar-refractivity contribution is 7.89. The second-order valence-corrected chi connectivity index (χ2v) is 7.93. The van der Waals surface area contributed by atoms with E-state index in [2.05, 4.69) is 9.71 Å². The lowest BCUT2D eigenvalue weighted by atomic mass is 10.4. The first-order chi connectivity index (χ1) is 9.99. The van der Waals surface area contributed by atoms with E-state index in [1.165, 1.54) is 11.3 Å². The average Bonchev–Trinajstić information content (AvgIpc) is 3.05. The summed E-state index contributed by atoms with van der Waals surface area (Å²) in [5.74, 6) is 0. The molecule has 1 aliphatic carbocycles. The fourth-order valence-corrected chi connectivity index (χ4v) is 4.06. The summed E-state index contributed by atoms with van der Waals surface area (Å²) in [4.78, 5) is 4.53. The molecule has 8 heteroatoms. The van der Waals surface area contributed by atoms with Gasteiger partial charge in [-0.1, -0.05) is 0 Å². The van der Waals surface area contributed by atoms with E-state index in [1.807, 2.05) is 16.9 Å². The molecule has 114 valence electrons. The van der Waals surface area contributed by atoms with Gasteiger partial charge < -0.3 is 10.3 Å². The molecule has 1 saturated carbocycles. The van der Waals surface area contributed by atoms with Gasteiger partial charge in [0.2, 0.25) is 10.0 Å². The van der Waals surface area contributed by atoms with Gasteiger partial charge in [-0.25, -0.2) is 18.1 Å². The number of sulfonamides is 1. The van der Waals surface area contributed by atoms with Crippen LogP contribution in [-0.4, -0.2) is 18.0 Å². The zero-order valence-corrected chi connectivity index (χ0v) is 13.4. The molecule has 0 saturated heterocycles. The van der Waals surface area contributed by atoms with Crippen LogP contribution in [0.4, 0.5) is 0 Å². The SMILES string of the molecule is Cc1csc(CNS(=O)(=O)c2cc(CN)n(C3CC3)c2)n1. The standard InChI is InChI=1S/C13H18N4O2S2/c1-9-8-20-13(16-9)6-15-21(18,19)12-4-11(5-14)17(7-12)10-2-3-10/h4,7-8,10,15H,2-3,5-6,14H2,1H3. The van der Waals surface area contributed by atoms with Crippen molar-refractivity contribution in [3.63, 3.8) is 0 Å². The van der Waals surface area contributed by atoms with Gasteiger partial charge >= 0.3 is 0 Å². The Morgan fingerprint density at radius 1 is 1.52 bits per heavy atom. The first-order valence-electron chi connectivity index (χ1n) is 6.81. The minimum absolute atomic E-state index is 0.216. The topological polar surface area (TPSA) is 90.0 Å². The van der Waals surface area contributed by atoms with Crippen molar-refractivity contribution in [3.05, 3.63) is 34.0 Å². The van der Waals surface area contributed by atoms with Crippen LogP contribution in [0.1, 0.15) is 35.3 Å². The van der Waals surface area contributed by atoms with E-state index < -0.39 is 10.0 Å². The second-order valence-electron chi connectivity index (χ2n) is 5.22. The Balaban J connectivity index is 1.77. The number of nitrogens with zero attached hydrogens (tertiary/aromatic N) is 2. The van der Waals surface area contributed by atoms with Crippen LogP contribution in [0.3, 0.4) is 0 Å². The monoisotopic (exact) mass is 326 g/mol. The number of hydrogen-bond acceptors (Lipinski definition) is 5. The molecule has 21 heavy (non-hydrogen) atoms. The predicted octanol–water partition coefficient (Wildman–Crippen LogP) is 1.53. The van der Waals surface area contributed by atoms with E-state index >= 15 is 0 Å².